The summed E-state index contributed by atoms with van der Waals surface area (Å²) in [5, 5.41) is 13.3. The number of anilines is 1. The third-order valence-electron chi connectivity index (χ3n) is 2.82. The van der Waals surface area contributed by atoms with Crippen LogP contribution in [0.5, 0.6) is 0 Å². The van der Waals surface area contributed by atoms with E-state index in [-0.39, 0.29) is 31.2 Å². The number of hydrogen-bond acceptors (Lipinski definition) is 6. The lowest BCUT2D eigenvalue weighted by Crippen LogP contribution is -2.27. The molecule has 2 heterocycles. The summed E-state index contributed by atoms with van der Waals surface area (Å²) in [4.78, 5) is 26.9. The second-order valence-electron chi connectivity index (χ2n) is 4.28. The van der Waals surface area contributed by atoms with Gasteiger partial charge in [0.2, 0.25) is 5.91 Å². The SMILES string of the molecule is O=C(O)CCc1nc(N2CC(S(=O)(=O)F)CC2=O)n[nH]1. The van der Waals surface area contributed by atoms with Crippen molar-refractivity contribution >= 4 is 28.0 Å². The molecule has 9 nitrogen and oxygen atoms in total. The summed E-state index contributed by atoms with van der Waals surface area (Å²) < 4.78 is 34.4. The quantitative estimate of drug-likeness (QED) is 0.682. The Labute approximate surface area is 113 Å². The van der Waals surface area contributed by atoms with E-state index in [9.17, 15) is 21.9 Å². The number of nitrogens with zero attached hydrogens (tertiary/aromatic N) is 3. The first kappa shape index (κ1) is 14.4. The Hall–Kier alpha value is -2.04. The molecule has 1 fully saturated rings. The lowest BCUT2D eigenvalue weighted by atomic mass is 10.3. The van der Waals surface area contributed by atoms with E-state index in [1.165, 1.54) is 0 Å². The van der Waals surface area contributed by atoms with E-state index < -0.39 is 33.8 Å². The number of carboxylic acids is 1. The van der Waals surface area contributed by atoms with Crippen molar-refractivity contribution in [1.29, 1.82) is 0 Å². The predicted octanol–water partition coefficient (Wildman–Crippen LogP) is -0.774. The van der Waals surface area contributed by atoms with E-state index in [0.717, 1.165) is 4.90 Å². The lowest BCUT2D eigenvalue weighted by Gasteiger charge is -2.09. The topological polar surface area (TPSA) is 133 Å². The van der Waals surface area contributed by atoms with E-state index in [0.29, 0.717) is 0 Å². The molecule has 1 aliphatic heterocycles. The molecule has 1 unspecified atom stereocenters. The maximum atomic E-state index is 12.9. The second-order valence-corrected chi connectivity index (χ2v) is 5.90. The number of aryl methyl sites for hydroxylation is 1. The molecule has 11 heteroatoms. The van der Waals surface area contributed by atoms with Gasteiger partial charge in [0, 0.05) is 19.4 Å². The number of carbonyl (C=O) groups is 2. The number of carbonyl (C=O) groups excluding carboxylic acids is 1. The van der Waals surface area contributed by atoms with Crippen LogP contribution in [0.4, 0.5) is 9.83 Å². The number of carboxylic acid groups (broad SMARTS) is 1. The van der Waals surface area contributed by atoms with Gasteiger partial charge in [-0.1, -0.05) is 0 Å². The normalized spacial score (nSPS) is 19.6. The predicted molar refractivity (Wildman–Crippen MR) is 63.1 cm³/mol. The largest absolute Gasteiger partial charge is 0.481 e. The summed E-state index contributed by atoms with van der Waals surface area (Å²) in [6, 6.07) is 0. The van der Waals surface area contributed by atoms with Crippen molar-refractivity contribution in [3.8, 4) is 0 Å². The Morgan fingerprint density at radius 1 is 1.55 bits per heavy atom. The van der Waals surface area contributed by atoms with Gasteiger partial charge in [0.25, 0.3) is 5.95 Å². The molecule has 1 atom stereocenters. The second kappa shape index (κ2) is 5.15. The van der Waals surface area contributed by atoms with E-state index in [2.05, 4.69) is 15.2 Å². The third kappa shape index (κ3) is 3.10. The summed E-state index contributed by atoms with van der Waals surface area (Å²) in [5.41, 5.74) is 0. The molecule has 1 aromatic heterocycles. The minimum absolute atomic E-state index is 0.0819. The Morgan fingerprint density at radius 3 is 2.80 bits per heavy atom. The third-order valence-corrected chi connectivity index (χ3v) is 3.94. The highest BCUT2D eigenvalue weighted by Gasteiger charge is 2.40. The number of H-pyrrole nitrogens is 1. The van der Waals surface area contributed by atoms with Crippen molar-refractivity contribution in [2.24, 2.45) is 0 Å². The minimum atomic E-state index is -4.80. The van der Waals surface area contributed by atoms with Gasteiger partial charge in [0.05, 0.1) is 6.42 Å². The first-order chi connectivity index (χ1) is 9.27. The van der Waals surface area contributed by atoms with Crippen LogP contribution in [0.3, 0.4) is 0 Å². The molecular weight excluding hydrogens is 295 g/mol. The van der Waals surface area contributed by atoms with Gasteiger partial charge in [-0.2, -0.15) is 13.4 Å². The lowest BCUT2D eigenvalue weighted by molar-refractivity contribution is -0.137. The van der Waals surface area contributed by atoms with Crippen molar-refractivity contribution in [2.45, 2.75) is 24.5 Å². The molecule has 20 heavy (non-hydrogen) atoms. The number of amides is 1. The summed E-state index contributed by atoms with van der Waals surface area (Å²) in [7, 11) is -4.80. The van der Waals surface area contributed by atoms with Crippen molar-refractivity contribution in [3.05, 3.63) is 5.82 Å². The molecule has 1 saturated heterocycles. The highest BCUT2D eigenvalue weighted by molar-refractivity contribution is 7.87. The smallest absolute Gasteiger partial charge is 0.307 e. The standard InChI is InChI=1S/C9H11FN4O5S/c10-20(18,19)5-3-7(15)14(4-5)9-11-6(12-13-9)1-2-8(16)17/h5H,1-4H2,(H,16,17)(H,11,12,13). The van der Waals surface area contributed by atoms with Crippen molar-refractivity contribution in [2.75, 3.05) is 11.4 Å². The first-order valence-electron chi connectivity index (χ1n) is 5.64. The molecule has 0 aliphatic carbocycles. The van der Waals surface area contributed by atoms with Crippen LogP contribution in [-0.2, 0) is 26.2 Å². The number of aromatic nitrogens is 3. The zero-order valence-corrected chi connectivity index (χ0v) is 10.9. The number of aromatic amines is 1. The number of halogens is 1. The molecule has 1 aliphatic rings. The summed E-state index contributed by atoms with van der Waals surface area (Å²) in [6.45, 7) is -0.353. The van der Waals surface area contributed by atoms with E-state index in [4.69, 9.17) is 5.11 Å². The Bertz CT molecular complexity index is 643. The van der Waals surface area contributed by atoms with Crippen molar-refractivity contribution in [3.63, 3.8) is 0 Å². The highest BCUT2D eigenvalue weighted by Crippen LogP contribution is 2.23. The molecule has 1 amide bonds. The van der Waals surface area contributed by atoms with E-state index in [1.807, 2.05) is 0 Å². The maximum absolute atomic E-state index is 12.9. The number of aliphatic carboxylic acids is 1. The van der Waals surface area contributed by atoms with Crippen LogP contribution in [0.1, 0.15) is 18.7 Å². The summed E-state index contributed by atoms with van der Waals surface area (Å²) in [6.07, 6.45) is -0.531. The molecule has 2 N–H and O–H groups in total. The molecular formula is C9H11FN4O5S. The molecule has 0 spiro atoms. The van der Waals surface area contributed by atoms with Gasteiger partial charge >= 0.3 is 16.2 Å². The fourth-order valence-electron chi connectivity index (χ4n) is 1.80. The first-order valence-corrected chi connectivity index (χ1v) is 7.09. The number of hydrogen-bond donors (Lipinski definition) is 2. The van der Waals surface area contributed by atoms with Gasteiger partial charge in [-0.15, -0.1) is 8.98 Å². The summed E-state index contributed by atoms with van der Waals surface area (Å²) >= 11 is 0. The fourth-order valence-corrected chi connectivity index (χ4v) is 2.47. The maximum Gasteiger partial charge on any atom is 0.307 e. The molecule has 0 bridgehead atoms. The molecule has 0 saturated carbocycles. The van der Waals surface area contributed by atoms with Crippen LogP contribution >= 0.6 is 0 Å². The van der Waals surface area contributed by atoms with Crippen LogP contribution in [0.25, 0.3) is 0 Å². The zero-order chi connectivity index (χ0) is 14.9. The Balaban J connectivity index is 2.09. The Kier molecular flexibility index (Phi) is 3.70. The molecule has 110 valence electrons. The van der Waals surface area contributed by atoms with Crippen molar-refractivity contribution in [1.82, 2.24) is 15.2 Å². The van der Waals surface area contributed by atoms with Crippen molar-refractivity contribution < 1.29 is 27.0 Å². The van der Waals surface area contributed by atoms with Crippen LogP contribution in [0.2, 0.25) is 0 Å². The molecule has 0 radical (unpaired) electrons. The molecule has 1 aromatic rings. The monoisotopic (exact) mass is 306 g/mol. The number of nitrogens with one attached hydrogen (secondary N) is 1. The molecule has 0 aromatic carbocycles. The fraction of sp³-hybridized carbons (Fsp3) is 0.556. The van der Waals surface area contributed by atoms with Gasteiger partial charge in [0.1, 0.15) is 11.1 Å². The molecule has 2 rings (SSSR count). The van der Waals surface area contributed by atoms with Crippen LogP contribution in [-0.4, -0.2) is 52.4 Å². The van der Waals surface area contributed by atoms with Crippen LogP contribution < -0.4 is 4.90 Å². The van der Waals surface area contributed by atoms with Gasteiger partial charge in [-0.3, -0.25) is 19.6 Å². The van der Waals surface area contributed by atoms with E-state index >= 15 is 0 Å². The van der Waals surface area contributed by atoms with Gasteiger partial charge in [0.15, 0.2) is 0 Å². The average Bonchev–Trinajstić information content (AvgIpc) is 2.91. The average molecular weight is 306 g/mol. The van der Waals surface area contributed by atoms with Crippen LogP contribution in [0.15, 0.2) is 0 Å². The minimum Gasteiger partial charge on any atom is -0.481 e. The Morgan fingerprint density at radius 2 is 2.25 bits per heavy atom. The van der Waals surface area contributed by atoms with Gasteiger partial charge in [-0.05, 0) is 0 Å². The van der Waals surface area contributed by atoms with E-state index in [1.54, 1.807) is 0 Å². The number of rotatable bonds is 5. The van der Waals surface area contributed by atoms with Gasteiger partial charge in [-0.25, -0.2) is 0 Å². The zero-order valence-electron chi connectivity index (χ0n) is 10.1. The highest BCUT2D eigenvalue weighted by atomic mass is 32.3. The summed E-state index contributed by atoms with van der Waals surface area (Å²) in [5.74, 6) is -1.44. The van der Waals surface area contributed by atoms with Crippen LogP contribution in [0, 0.1) is 0 Å². The van der Waals surface area contributed by atoms with Gasteiger partial charge < -0.3 is 5.11 Å².